The van der Waals surface area contributed by atoms with E-state index in [1.807, 2.05) is 38.1 Å². The van der Waals surface area contributed by atoms with Crippen molar-refractivity contribution in [2.24, 2.45) is 5.92 Å². The Morgan fingerprint density at radius 2 is 1.86 bits per heavy atom. The Kier molecular flexibility index (Phi) is 10.3. The van der Waals surface area contributed by atoms with Gasteiger partial charge >= 0.3 is 0 Å². The summed E-state index contributed by atoms with van der Waals surface area (Å²) in [6, 6.07) is 7.92. The topological polar surface area (TPSA) is 67.4 Å². The Morgan fingerprint density at radius 1 is 1.14 bits per heavy atom. The predicted octanol–water partition coefficient (Wildman–Crippen LogP) is 3.89. The van der Waals surface area contributed by atoms with Gasteiger partial charge in [-0.3, -0.25) is 0 Å². The molecule has 1 aromatic rings. The molecule has 0 bridgehead atoms. The summed E-state index contributed by atoms with van der Waals surface area (Å²) < 4.78 is 32.6. The van der Waals surface area contributed by atoms with Crippen LogP contribution in [0.15, 0.2) is 24.3 Å². The van der Waals surface area contributed by atoms with Crippen molar-refractivity contribution in [1.82, 2.24) is 10.0 Å². The summed E-state index contributed by atoms with van der Waals surface area (Å²) in [7, 11) is -3.18. The SMILES string of the molecule is CCCCS(=O)(=O)N[C@H](C)Cc1ccc(OCCCCC2CCNCC2)cc1. The molecule has 0 saturated carbocycles. The van der Waals surface area contributed by atoms with E-state index in [9.17, 15) is 8.42 Å². The van der Waals surface area contributed by atoms with Gasteiger partial charge in [0.1, 0.15) is 5.75 Å². The van der Waals surface area contributed by atoms with Crippen LogP contribution in [0.5, 0.6) is 5.75 Å². The fraction of sp³-hybridized carbons (Fsp3) is 0.727. The normalized spacial score (nSPS) is 16.8. The standard InChI is InChI=1S/C22H38N2O3S/c1-3-4-17-28(25,26)24-19(2)18-21-8-10-22(11-9-21)27-16-6-5-7-20-12-14-23-15-13-20/h8-11,19-20,23-24H,3-7,12-18H2,1-2H3/t19-/m1/s1. The van der Waals surface area contributed by atoms with E-state index < -0.39 is 10.0 Å². The van der Waals surface area contributed by atoms with E-state index in [1.54, 1.807) is 0 Å². The number of hydrogen-bond acceptors (Lipinski definition) is 4. The molecule has 1 saturated heterocycles. The fourth-order valence-corrected chi connectivity index (χ4v) is 5.20. The molecule has 1 atom stereocenters. The Bertz CT molecular complexity index is 640. The van der Waals surface area contributed by atoms with Crippen LogP contribution in [0.3, 0.4) is 0 Å². The van der Waals surface area contributed by atoms with Crippen molar-refractivity contribution in [3.63, 3.8) is 0 Å². The fourth-order valence-electron chi connectivity index (χ4n) is 3.71. The number of nitrogens with one attached hydrogen (secondary N) is 2. The number of unbranched alkanes of at least 4 members (excludes halogenated alkanes) is 2. The maximum atomic E-state index is 12.0. The Hall–Kier alpha value is -1.11. The summed E-state index contributed by atoms with van der Waals surface area (Å²) in [4.78, 5) is 0. The molecule has 0 aromatic heterocycles. The number of hydrogen-bond donors (Lipinski definition) is 2. The van der Waals surface area contributed by atoms with E-state index >= 15 is 0 Å². The van der Waals surface area contributed by atoms with Crippen LogP contribution in [-0.2, 0) is 16.4 Å². The molecule has 2 N–H and O–H groups in total. The molecule has 0 amide bonds. The van der Waals surface area contributed by atoms with E-state index in [0.29, 0.717) is 12.8 Å². The molecule has 160 valence electrons. The molecule has 2 rings (SSSR count). The van der Waals surface area contributed by atoms with Crippen LogP contribution in [0.25, 0.3) is 0 Å². The predicted molar refractivity (Wildman–Crippen MR) is 116 cm³/mol. The molecule has 5 nitrogen and oxygen atoms in total. The van der Waals surface area contributed by atoms with Gasteiger partial charge < -0.3 is 10.1 Å². The van der Waals surface area contributed by atoms with E-state index in [-0.39, 0.29) is 11.8 Å². The number of ether oxygens (including phenoxy) is 1. The van der Waals surface area contributed by atoms with Crippen molar-refractivity contribution >= 4 is 10.0 Å². The molecule has 1 aromatic carbocycles. The molecular weight excluding hydrogens is 372 g/mol. The largest absolute Gasteiger partial charge is 0.494 e. The van der Waals surface area contributed by atoms with Gasteiger partial charge in [0, 0.05) is 6.04 Å². The lowest BCUT2D eigenvalue weighted by Gasteiger charge is -2.22. The van der Waals surface area contributed by atoms with Crippen molar-refractivity contribution in [1.29, 1.82) is 0 Å². The quantitative estimate of drug-likeness (QED) is 0.484. The van der Waals surface area contributed by atoms with Gasteiger partial charge in [-0.15, -0.1) is 0 Å². The van der Waals surface area contributed by atoms with Crippen molar-refractivity contribution in [3.05, 3.63) is 29.8 Å². The third kappa shape index (κ3) is 9.39. The molecule has 1 heterocycles. The first-order valence-corrected chi connectivity index (χ1v) is 12.6. The summed E-state index contributed by atoms with van der Waals surface area (Å²) in [5, 5.41) is 3.41. The van der Waals surface area contributed by atoms with Crippen LogP contribution in [0.2, 0.25) is 0 Å². The van der Waals surface area contributed by atoms with Crippen LogP contribution in [-0.4, -0.2) is 39.9 Å². The number of rotatable bonds is 13. The van der Waals surface area contributed by atoms with Gasteiger partial charge in [0.15, 0.2) is 0 Å². The highest BCUT2D eigenvalue weighted by molar-refractivity contribution is 7.89. The minimum Gasteiger partial charge on any atom is -0.494 e. The first-order chi connectivity index (χ1) is 13.5. The van der Waals surface area contributed by atoms with Crippen LogP contribution in [0.4, 0.5) is 0 Å². The third-order valence-electron chi connectivity index (χ3n) is 5.35. The number of piperidine rings is 1. The summed E-state index contributed by atoms with van der Waals surface area (Å²) in [6.45, 7) is 7.02. The maximum Gasteiger partial charge on any atom is 0.211 e. The molecule has 28 heavy (non-hydrogen) atoms. The first-order valence-electron chi connectivity index (χ1n) is 10.9. The lowest BCUT2D eigenvalue weighted by Crippen LogP contribution is -2.35. The smallest absolute Gasteiger partial charge is 0.211 e. The lowest BCUT2D eigenvalue weighted by molar-refractivity contribution is 0.287. The molecule has 0 radical (unpaired) electrons. The summed E-state index contributed by atoms with van der Waals surface area (Å²) in [5.74, 6) is 1.99. The van der Waals surface area contributed by atoms with Crippen molar-refractivity contribution in [3.8, 4) is 5.75 Å². The van der Waals surface area contributed by atoms with Gasteiger partial charge in [0.25, 0.3) is 0 Å². The molecule has 0 aliphatic carbocycles. The van der Waals surface area contributed by atoms with E-state index in [4.69, 9.17) is 4.74 Å². The van der Waals surface area contributed by atoms with Crippen LogP contribution < -0.4 is 14.8 Å². The van der Waals surface area contributed by atoms with Crippen molar-refractivity contribution < 1.29 is 13.2 Å². The summed E-state index contributed by atoms with van der Waals surface area (Å²) >= 11 is 0. The Labute approximate surface area is 171 Å². The highest BCUT2D eigenvalue weighted by Crippen LogP contribution is 2.19. The number of sulfonamides is 1. The van der Waals surface area contributed by atoms with Gasteiger partial charge in [-0.25, -0.2) is 13.1 Å². The second kappa shape index (κ2) is 12.5. The molecule has 1 aliphatic heterocycles. The zero-order valence-corrected chi connectivity index (χ0v) is 18.4. The zero-order valence-electron chi connectivity index (χ0n) is 17.6. The highest BCUT2D eigenvalue weighted by atomic mass is 32.2. The van der Waals surface area contributed by atoms with Gasteiger partial charge in [-0.05, 0) is 82.2 Å². The average Bonchev–Trinajstić information content (AvgIpc) is 2.68. The maximum absolute atomic E-state index is 12.0. The highest BCUT2D eigenvalue weighted by Gasteiger charge is 2.14. The van der Waals surface area contributed by atoms with Crippen LogP contribution in [0.1, 0.15) is 64.4 Å². The monoisotopic (exact) mass is 410 g/mol. The molecular formula is C22H38N2O3S. The Morgan fingerprint density at radius 3 is 2.54 bits per heavy atom. The average molecular weight is 411 g/mol. The van der Waals surface area contributed by atoms with E-state index in [0.717, 1.165) is 36.7 Å². The van der Waals surface area contributed by atoms with Crippen LogP contribution >= 0.6 is 0 Å². The molecule has 6 heteroatoms. The van der Waals surface area contributed by atoms with E-state index in [2.05, 4.69) is 10.0 Å². The molecule has 0 unspecified atom stereocenters. The summed E-state index contributed by atoms with van der Waals surface area (Å²) in [6.07, 6.45) is 8.55. The molecule has 1 fully saturated rings. The van der Waals surface area contributed by atoms with Gasteiger partial charge in [-0.2, -0.15) is 0 Å². The molecule has 1 aliphatic rings. The summed E-state index contributed by atoms with van der Waals surface area (Å²) in [5.41, 5.74) is 1.11. The zero-order chi connectivity index (χ0) is 20.2. The van der Waals surface area contributed by atoms with Gasteiger partial charge in [-0.1, -0.05) is 31.9 Å². The minimum absolute atomic E-state index is 0.108. The van der Waals surface area contributed by atoms with Crippen molar-refractivity contribution in [2.75, 3.05) is 25.4 Å². The number of benzene rings is 1. The Balaban J connectivity index is 1.63. The minimum atomic E-state index is -3.18. The van der Waals surface area contributed by atoms with Crippen LogP contribution in [0, 0.1) is 5.92 Å². The lowest BCUT2D eigenvalue weighted by atomic mass is 9.93. The third-order valence-corrected chi connectivity index (χ3v) is 6.93. The second-order valence-electron chi connectivity index (χ2n) is 8.08. The van der Waals surface area contributed by atoms with Gasteiger partial charge in [0.2, 0.25) is 10.0 Å². The van der Waals surface area contributed by atoms with Gasteiger partial charge in [0.05, 0.1) is 12.4 Å². The second-order valence-corrected chi connectivity index (χ2v) is 9.95. The van der Waals surface area contributed by atoms with Crippen molar-refractivity contribution in [2.45, 2.75) is 71.3 Å². The first kappa shape index (κ1) is 23.2. The molecule has 0 spiro atoms. The van der Waals surface area contributed by atoms with E-state index in [1.165, 1.54) is 38.8 Å².